The van der Waals surface area contributed by atoms with Gasteiger partial charge >= 0.3 is 0 Å². The molecule has 0 aliphatic carbocycles. The predicted octanol–water partition coefficient (Wildman–Crippen LogP) is 5.70. The molecule has 2 heterocycles. The van der Waals surface area contributed by atoms with Crippen LogP contribution in [0.5, 0.6) is 5.75 Å². The summed E-state index contributed by atoms with van der Waals surface area (Å²) in [6, 6.07) is 15.9. The van der Waals surface area contributed by atoms with E-state index in [9.17, 15) is 14.7 Å². The van der Waals surface area contributed by atoms with Gasteiger partial charge in [0.2, 0.25) is 0 Å². The van der Waals surface area contributed by atoms with E-state index in [1.165, 1.54) is 4.90 Å². The van der Waals surface area contributed by atoms with Crippen molar-refractivity contribution >= 4 is 17.4 Å². The first kappa shape index (κ1) is 24.9. The Morgan fingerprint density at radius 3 is 2.53 bits per heavy atom. The molecule has 184 valence electrons. The molecule has 3 aromatic rings. The van der Waals surface area contributed by atoms with Crippen molar-refractivity contribution in [1.29, 1.82) is 0 Å². The lowest BCUT2D eigenvalue weighted by Gasteiger charge is -2.25. The molecule has 1 aromatic heterocycles. The highest BCUT2D eigenvalue weighted by Crippen LogP contribution is 2.41. The van der Waals surface area contributed by atoms with Gasteiger partial charge in [-0.1, -0.05) is 56.8 Å². The molecule has 1 saturated heterocycles. The number of ketones is 1. The third-order valence-corrected chi connectivity index (χ3v) is 6.34. The molecule has 36 heavy (non-hydrogen) atoms. The monoisotopic (exact) mass is 482 g/mol. The van der Waals surface area contributed by atoms with Crippen LogP contribution in [0.3, 0.4) is 0 Å². The van der Waals surface area contributed by atoms with Crippen LogP contribution in [0.15, 0.2) is 85.2 Å². The average molecular weight is 483 g/mol. The SMILES string of the molecule is C=CCOc1ccc(/C(O)=C2\C(=O)C(=O)N(Cc3cccnc3)C2c2ccc(C(C)C)cc2)cc1C. The van der Waals surface area contributed by atoms with Crippen LogP contribution in [-0.2, 0) is 16.1 Å². The summed E-state index contributed by atoms with van der Waals surface area (Å²) in [7, 11) is 0. The maximum atomic E-state index is 13.3. The number of benzene rings is 2. The molecular weight excluding hydrogens is 452 g/mol. The Kier molecular flexibility index (Phi) is 7.34. The standard InChI is InChI=1S/C30H30N2O4/c1-5-15-36-25-13-12-24(16-20(25)4)28(33)26-27(23-10-8-22(9-11-23)19(2)3)32(30(35)29(26)34)18-21-7-6-14-31-17-21/h5-14,16-17,19,27,33H,1,15,18H2,2-4H3/b28-26+. The number of ether oxygens (including phenoxy) is 1. The van der Waals surface area contributed by atoms with E-state index in [0.29, 0.717) is 23.8 Å². The Balaban J connectivity index is 1.82. The molecule has 1 aliphatic heterocycles. The summed E-state index contributed by atoms with van der Waals surface area (Å²) < 4.78 is 5.64. The normalized spacial score (nSPS) is 17.0. The summed E-state index contributed by atoms with van der Waals surface area (Å²) >= 11 is 0. The van der Waals surface area contributed by atoms with Gasteiger partial charge < -0.3 is 14.7 Å². The van der Waals surface area contributed by atoms with Gasteiger partial charge in [-0.25, -0.2) is 0 Å². The summed E-state index contributed by atoms with van der Waals surface area (Å²) in [5, 5.41) is 11.4. The van der Waals surface area contributed by atoms with Gasteiger partial charge in [-0.05, 0) is 59.4 Å². The molecule has 1 atom stereocenters. The molecule has 0 saturated carbocycles. The van der Waals surface area contributed by atoms with Crippen LogP contribution in [-0.4, -0.2) is 33.3 Å². The van der Waals surface area contributed by atoms with Gasteiger partial charge in [0.25, 0.3) is 11.7 Å². The predicted molar refractivity (Wildman–Crippen MR) is 139 cm³/mol. The highest BCUT2D eigenvalue weighted by Gasteiger charge is 2.46. The number of aryl methyl sites for hydroxylation is 1. The molecule has 1 aliphatic rings. The van der Waals surface area contributed by atoms with Crippen molar-refractivity contribution in [2.24, 2.45) is 0 Å². The molecule has 6 nitrogen and oxygen atoms in total. The second kappa shape index (κ2) is 10.6. The van der Waals surface area contributed by atoms with Crippen LogP contribution in [0.25, 0.3) is 5.76 Å². The number of pyridine rings is 1. The van der Waals surface area contributed by atoms with Gasteiger partial charge in [-0.3, -0.25) is 14.6 Å². The van der Waals surface area contributed by atoms with E-state index in [4.69, 9.17) is 4.74 Å². The van der Waals surface area contributed by atoms with E-state index in [1.807, 2.05) is 37.3 Å². The lowest BCUT2D eigenvalue weighted by atomic mass is 9.93. The molecule has 6 heteroatoms. The third-order valence-electron chi connectivity index (χ3n) is 6.34. The first-order valence-electron chi connectivity index (χ1n) is 11.9. The van der Waals surface area contributed by atoms with Crippen molar-refractivity contribution in [1.82, 2.24) is 9.88 Å². The number of likely N-dealkylation sites (tertiary alicyclic amines) is 1. The molecule has 2 aromatic carbocycles. The van der Waals surface area contributed by atoms with Gasteiger partial charge in [0, 0.05) is 24.5 Å². The maximum Gasteiger partial charge on any atom is 0.295 e. The molecule has 0 bridgehead atoms. The molecule has 1 N–H and O–H groups in total. The minimum atomic E-state index is -0.733. The average Bonchev–Trinajstić information content (AvgIpc) is 3.13. The van der Waals surface area contributed by atoms with E-state index in [2.05, 4.69) is 25.4 Å². The fourth-order valence-corrected chi connectivity index (χ4v) is 4.40. The first-order chi connectivity index (χ1) is 17.3. The van der Waals surface area contributed by atoms with Gasteiger partial charge in [0.1, 0.15) is 18.1 Å². The van der Waals surface area contributed by atoms with Crippen LogP contribution in [0.1, 0.15) is 53.6 Å². The molecule has 1 fully saturated rings. The number of aromatic nitrogens is 1. The number of nitrogens with zero attached hydrogens (tertiary/aromatic N) is 2. The highest BCUT2D eigenvalue weighted by molar-refractivity contribution is 6.46. The zero-order valence-electron chi connectivity index (χ0n) is 20.8. The van der Waals surface area contributed by atoms with Crippen LogP contribution in [0.4, 0.5) is 0 Å². The largest absolute Gasteiger partial charge is 0.507 e. The van der Waals surface area contributed by atoms with Crippen LogP contribution in [0, 0.1) is 6.92 Å². The topological polar surface area (TPSA) is 79.7 Å². The van der Waals surface area contributed by atoms with E-state index in [1.54, 1.807) is 42.7 Å². The number of rotatable bonds is 8. The van der Waals surface area contributed by atoms with E-state index in [0.717, 1.165) is 22.3 Å². The fraction of sp³-hybridized carbons (Fsp3) is 0.233. The lowest BCUT2D eigenvalue weighted by molar-refractivity contribution is -0.140. The molecule has 1 unspecified atom stereocenters. The van der Waals surface area contributed by atoms with Crippen molar-refractivity contribution in [2.45, 2.75) is 39.3 Å². The van der Waals surface area contributed by atoms with E-state index < -0.39 is 17.7 Å². The third kappa shape index (κ3) is 4.93. The lowest BCUT2D eigenvalue weighted by Crippen LogP contribution is -2.29. The highest BCUT2D eigenvalue weighted by atomic mass is 16.5. The summed E-state index contributed by atoms with van der Waals surface area (Å²) in [6.45, 7) is 10.3. The number of amides is 1. The smallest absolute Gasteiger partial charge is 0.295 e. The number of hydrogen-bond acceptors (Lipinski definition) is 5. The number of hydrogen-bond donors (Lipinski definition) is 1. The Hall–Kier alpha value is -4.19. The van der Waals surface area contributed by atoms with Gasteiger partial charge in [0.05, 0.1) is 11.6 Å². The number of Topliss-reactive ketones (excluding diaryl/α,β-unsaturated/α-hetero) is 1. The van der Waals surface area contributed by atoms with Crippen molar-refractivity contribution in [3.63, 3.8) is 0 Å². The maximum absolute atomic E-state index is 13.3. The number of carbonyl (C=O) groups excluding carboxylic acids is 2. The van der Waals surface area contributed by atoms with Crippen molar-refractivity contribution < 1.29 is 19.4 Å². The Bertz CT molecular complexity index is 1310. The van der Waals surface area contributed by atoms with Crippen molar-refractivity contribution in [2.75, 3.05) is 6.61 Å². The van der Waals surface area contributed by atoms with Crippen LogP contribution in [0.2, 0.25) is 0 Å². The number of aliphatic hydroxyl groups excluding tert-OH is 1. The molecular formula is C30H30N2O4. The van der Waals surface area contributed by atoms with Crippen molar-refractivity contribution in [3.8, 4) is 5.75 Å². The Labute approximate surface area is 211 Å². The Morgan fingerprint density at radius 2 is 1.92 bits per heavy atom. The van der Waals surface area contributed by atoms with Gasteiger partial charge in [0.15, 0.2) is 0 Å². The first-order valence-corrected chi connectivity index (χ1v) is 11.9. The summed E-state index contributed by atoms with van der Waals surface area (Å²) in [4.78, 5) is 32.2. The Morgan fingerprint density at radius 1 is 1.17 bits per heavy atom. The molecule has 0 radical (unpaired) electrons. The quantitative estimate of drug-likeness (QED) is 0.193. The minimum absolute atomic E-state index is 0.0698. The second-order valence-electron chi connectivity index (χ2n) is 9.19. The van der Waals surface area contributed by atoms with Gasteiger partial charge in [-0.2, -0.15) is 0 Å². The molecule has 0 spiro atoms. The van der Waals surface area contributed by atoms with Crippen LogP contribution < -0.4 is 4.74 Å². The number of aliphatic hydroxyl groups is 1. The second-order valence-corrected chi connectivity index (χ2v) is 9.19. The van der Waals surface area contributed by atoms with Crippen LogP contribution >= 0.6 is 0 Å². The van der Waals surface area contributed by atoms with Gasteiger partial charge in [-0.15, -0.1) is 0 Å². The summed E-state index contributed by atoms with van der Waals surface area (Å²) in [6.07, 6.45) is 4.98. The molecule has 1 amide bonds. The van der Waals surface area contributed by atoms with E-state index >= 15 is 0 Å². The minimum Gasteiger partial charge on any atom is -0.507 e. The summed E-state index contributed by atoms with van der Waals surface area (Å²) in [5.41, 5.74) is 4.01. The summed E-state index contributed by atoms with van der Waals surface area (Å²) in [5.74, 6) is -0.576. The zero-order chi connectivity index (χ0) is 25.8. The fourth-order valence-electron chi connectivity index (χ4n) is 4.40. The van der Waals surface area contributed by atoms with E-state index in [-0.39, 0.29) is 17.9 Å². The number of carbonyl (C=O) groups is 2. The molecule has 4 rings (SSSR count). The zero-order valence-corrected chi connectivity index (χ0v) is 20.8. The van der Waals surface area contributed by atoms with Crippen molar-refractivity contribution in [3.05, 3.63) is 113 Å².